The van der Waals surface area contributed by atoms with E-state index in [0.29, 0.717) is 11.7 Å². The van der Waals surface area contributed by atoms with Gasteiger partial charge in [0.1, 0.15) is 0 Å². The minimum Gasteiger partial charge on any atom is -0.390 e. The van der Waals surface area contributed by atoms with Crippen LogP contribution in [0.1, 0.15) is 51.0 Å². The lowest BCUT2D eigenvalue weighted by molar-refractivity contribution is -0.119. The summed E-state index contributed by atoms with van der Waals surface area (Å²) in [5.41, 5.74) is 1.17. The number of nitrogens with one attached hydrogen (secondary N) is 1. The number of rotatable bonds is 4. The first-order valence-corrected chi connectivity index (χ1v) is 7.43. The van der Waals surface area contributed by atoms with E-state index in [-0.39, 0.29) is 12.3 Å². The fraction of sp³-hybridized carbons (Fsp3) is 0.500. The zero-order valence-corrected chi connectivity index (χ0v) is 12.5. The summed E-state index contributed by atoms with van der Waals surface area (Å²) in [6.45, 7) is 3.26. The van der Waals surface area contributed by atoms with Gasteiger partial charge in [-0.3, -0.25) is 4.79 Å². The molecule has 0 aliphatic heterocycles. The maximum atomic E-state index is 12.1. The quantitative estimate of drug-likeness (QED) is 0.908. The van der Waals surface area contributed by atoms with Crippen molar-refractivity contribution in [2.45, 2.75) is 51.0 Å². The lowest BCUT2D eigenvalue weighted by Crippen LogP contribution is -2.27. The number of anilines is 1. The van der Waals surface area contributed by atoms with E-state index in [1.807, 2.05) is 28.9 Å². The summed E-state index contributed by atoms with van der Waals surface area (Å²) >= 11 is 0. The van der Waals surface area contributed by atoms with E-state index in [9.17, 15) is 9.90 Å². The Balaban J connectivity index is 1.92. The van der Waals surface area contributed by atoms with Crippen LogP contribution in [0.15, 0.2) is 24.4 Å². The molecule has 0 radical (unpaired) electrons. The number of hydrogen-bond donors (Lipinski definition) is 2. The fourth-order valence-corrected chi connectivity index (χ4v) is 2.78. The molecule has 5 heteroatoms. The standard InChI is InChI=1S/C16H21N3O2/c1-16(2,21)10-13(20)17-15-14(11-6-5-7-11)12-8-3-4-9-19(12)18-15/h3-4,8-9,11,21H,5-7,10H2,1-2H3,(H,17,18,20). The Morgan fingerprint density at radius 1 is 1.48 bits per heavy atom. The number of pyridine rings is 1. The SMILES string of the molecule is CC(C)(O)CC(=O)Nc1nn2ccccc2c1C1CCC1. The van der Waals surface area contributed by atoms with E-state index in [2.05, 4.69) is 10.4 Å². The number of aliphatic hydroxyl groups is 1. The van der Waals surface area contributed by atoms with Crippen molar-refractivity contribution in [1.82, 2.24) is 9.61 Å². The first-order valence-electron chi connectivity index (χ1n) is 7.43. The highest BCUT2D eigenvalue weighted by Crippen LogP contribution is 2.41. The largest absolute Gasteiger partial charge is 0.390 e. The van der Waals surface area contributed by atoms with E-state index in [0.717, 1.165) is 23.9 Å². The van der Waals surface area contributed by atoms with Gasteiger partial charge in [-0.25, -0.2) is 4.52 Å². The van der Waals surface area contributed by atoms with Crippen molar-refractivity contribution in [1.29, 1.82) is 0 Å². The Hall–Kier alpha value is -1.88. The Morgan fingerprint density at radius 3 is 2.86 bits per heavy atom. The zero-order valence-electron chi connectivity index (χ0n) is 12.5. The molecule has 2 aromatic heterocycles. The molecule has 2 heterocycles. The maximum Gasteiger partial charge on any atom is 0.228 e. The van der Waals surface area contributed by atoms with Gasteiger partial charge in [0.15, 0.2) is 5.82 Å². The number of nitrogens with zero attached hydrogens (tertiary/aromatic N) is 2. The number of aromatic nitrogens is 2. The first kappa shape index (κ1) is 14.1. The highest BCUT2D eigenvalue weighted by atomic mass is 16.3. The minimum atomic E-state index is -1.01. The van der Waals surface area contributed by atoms with Gasteiger partial charge < -0.3 is 10.4 Å². The van der Waals surface area contributed by atoms with Gasteiger partial charge in [-0.05, 0) is 44.7 Å². The molecule has 1 amide bonds. The predicted molar refractivity (Wildman–Crippen MR) is 81.3 cm³/mol. The molecule has 0 saturated heterocycles. The predicted octanol–water partition coefficient (Wildman–Crippen LogP) is 2.70. The number of fused-ring (bicyclic) bond motifs is 1. The Kier molecular flexibility index (Phi) is 3.45. The Labute approximate surface area is 124 Å². The molecule has 0 unspecified atom stereocenters. The van der Waals surface area contributed by atoms with Gasteiger partial charge in [0.25, 0.3) is 0 Å². The molecule has 1 fully saturated rings. The van der Waals surface area contributed by atoms with E-state index in [1.165, 1.54) is 6.42 Å². The smallest absolute Gasteiger partial charge is 0.228 e. The molecule has 3 rings (SSSR count). The lowest BCUT2D eigenvalue weighted by atomic mass is 9.80. The molecule has 1 aliphatic carbocycles. The normalized spacial score (nSPS) is 16.0. The average Bonchev–Trinajstić information content (AvgIpc) is 2.63. The third-order valence-corrected chi connectivity index (χ3v) is 3.94. The van der Waals surface area contributed by atoms with Crippen molar-refractivity contribution in [2.24, 2.45) is 0 Å². The molecule has 21 heavy (non-hydrogen) atoms. The summed E-state index contributed by atoms with van der Waals surface area (Å²) in [6.07, 6.45) is 5.47. The molecule has 5 nitrogen and oxygen atoms in total. The van der Waals surface area contributed by atoms with Crippen LogP contribution in [0.3, 0.4) is 0 Å². The van der Waals surface area contributed by atoms with Crippen LogP contribution in [-0.2, 0) is 4.79 Å². The summed E-state index contributed by atoms with van der Waals surface area (Å²) in [4.78, 5) is 12.1. The molecule has 0 bridgehead atoms. The van der Waals surface area contributed by atoms with E-state index in [1.54, 1.807) is 13.8 Å². The van der Waals surface area contributed by atoms with Gasteiger partial charge >= 0.3 is 0 Å². The zero-order chi connectivity index (χ0) is 15.0. The third-order valence-electron chi connectivity index (χ3n) is 3.94. The molecule has 0 atom stereocenters. The van der Waals surface area contributed by atoms with Gasteiger partial charge in [-0.2, -0.15) is 0 Å². The van der Waals surface area contributed by atoms with Gasteiger partial charge in [-0.1, -0.05) is 12.5 Å². The van der Waals surface area contributed by atoms with Crippen LogP contribution in [0.25, 0.3) is 5.52 Å². The number of amides is 1. The summed E-state index contributed by atoms with van der Waals surface area (Å²) in [6, 6.07) is 5.95. The molecule has 1 aliphatic rings. The number of carbonyl (C=O) groups excluding carboxylic acids is 1. The highest BCUT2D eigenvalue weighted by Gasteiger charge is 2.28. The van der Waals surface area contributed by atoms with Gasteiger partial charge in [0.05, 0.1) is 17.5 Å². The second-order valence-corrected chi connectivity index (χ2v) is 6.46. The Morgan fingerprint density at radius 2 is 2.24 bits per heavy atom. The van der Waals surface area contributed by atoms with Crippen LogP contribution >= 0.6 is 0 Å². The van der Waals surface area contributed by atoms with Crippen LogP contribution in [0.2, 0.25) is 0 Å². The Bertz CT molecular complexity index is 666. The van der Waals surface area contributed by atoms with Crippen LogP contribution in [-0.4, -0.2) is 26.2 Å². The van der Waals surface area contributed by atoms with Crippen LogP contribution < -0.4 is 5.32 Å². The monoisotopic (exact) mass is 287 g/mol. The molecule has 0 spiro atoms. The van der Waals surface area contributed by atoms with Crippen molar-refractivity contribution >= 4 is 17.2 Å². The van der Waals surface area contributed by atoms with E-state index < -0.39 is 5.60 Å². The molecular formula is C16H21N3O2. The van der Waals surface area contributed by atoms with E-state index in [4.69, 9.17) is 0 Å². The second-order valence-electron chi connectivity index (χ2n) is 6.46. The summed E-state index contributed by atoms with van der Waals surface area (Å²) in [5.74, 6) is 0.911. The minimum absolute atomic E-state index is 0.0605. The van der Waals surface area contributed by atoms with Crippen LogP contribution in [0.5, 0.6) is 0 Å². The van der Waals surface area contributed by atoms with Crippen molar-refractivity contribution < 1.29 is 9.90 Å². The average molecular weight is 287 g/mol. The van der Waals surface area contributed by atoms with E-state index >= 15 is 0 Å². The maximum absolute atomic E-state index is 12.1. The molecule has 1 saturated carbocycles. The topological polar surface area (TPSA) is 66.6 Å². The second kappa shape index (κ2) is 5.15. The summed E-state index contributed by atoms with van der Waals surface area (Å²) in [7, 11) is 0. The number of hydrogen-bond acceptors (Lipinski definition) is 3. The first-order chi connectivity index (χ1) is 9.94. The third kappa shape index (κ3) is 2.93. The highest BCUT2D eigenvalue weighted by molar-refractivity contribution is 5.92. The van der Waals surface area contributed by atoms with Gasteiger partial charge in [-0.15, -0.1) is 5.10 Å². The van der Waals surface area contributed by atoms with Crippen molar-refractivity contribution in [2.75, 3.05) is 5.32 Å². The van der Waals surface area contributed by atoms with Gasteiger partial charge in [0.2, 0.25) is 5.91 Å². The molecule has 112 valence electrons. The van der Waals surface area contributed by atoms with Crippen LogP contribution in [0.4, 0.5) is 5.82 Å². The van der Waals surface area contributed by atoms with Crippen molar-refractivity contribution in [3.8, 4) is 0 Å². The molecular weight excluding hydrogens is 266 g/mol. The van der Waals surface area contributed by atoms with Gasteiger partial charge in [0, 0.05) is 11.8 Å². The summed E-state index contributed by atoms with van der Waals surface area (Å²) < 4.78 is 1.81. The lowest BCUT2D eigenvalue weighted by Gasteiger charge is -2.26. The van der Waals surface area contributed by atoms with Crippen LogP contribution in [0, 0.1) is 0 Å². The number of carbonyl (C=O) groups is 1. The summed E-state index contributed by atoms with van der Waals surface area (Å²) in [5, 5.41) is 17.1. The van der Waals surface area contributed by atoms with Crippen molar-refractivity contribution in [3.63, 3.8) is 0 Å². The molecule has 2 aromatic rings. The molecule has 0 aromatic carbocycles. The van der Waals surface area contributed by atoms with Crippen molar-refractivity contribution in [3.05, 3.63) is 30.0 Å². The molecule has 2 N–H and O–H groups in total. The fourth-order valence-electron chi connectivity index (χ4n) is 2.78.